The molecule has 1 aliphatic rings. The van der Waals surface area contributed by atoms with E-state index in [2.05, 4.69) is 0 Å². The molecule has 0 atom stereocenters. The lowest BCUT2D eigenvalue weighted by molar-refractivity contribution is 0.0571. The molecule has 1 saturated heterocycles. The van der Waals surface area contributed by atoms with Crippen molar-refractivity contribution < 1.29 is 13.2 Å². The van der Waals surface area contributed by atoms with E-state index in [-0.39, 0.29) is 11.8 Å². The van der Waals surface area contributed by atoms with E-state index in [9.17, 15) is 8.42 Å². The van der Waals surface area contributed by atoms with E-state index in [0.717, 1.165) is 30.6 Å². The maximum atomic E-state index is 12.6. The number of nitrogens with zero attached hydrogens (tertiary/aromatic N) is 1. The van der Waals surface area contributed by atoms with Crippen LogP contribution in [0.1, 0.15) is 37.5 Å². The molecule has 0 aromatic carbocycles. The van der Waals surface area contributed by atoms with Crippen LogP contribution in [0.5, 0.6) is 0 Å². The molecule has 0 amide bonds. The molecule has 0 N–H and O–H groups in total. The summed E-state index contributed by atoms with van der Waals surface area (Å²) in [4.78, 5) is 1.11. The van der Waals surface area contributed by atoms with Gasteiger partial charge in [0.15, 0.2) is 0 Å². The minimum Gasteiger partial charge on any atom is -0.381 e. The molecule has 4 nitrogen and oxygen atoms in total. The van der Waals surface area contributed by atoms with Crippen molar-refractivity contribution in [2.24, 2.45) is 0 Å². The summed E-state index contributed by atoms with van der Waals surface area (Å²) in [6, 6.07) is 4.07. The van der Waals surface area contributed by atoms with Crippen LogP contribution in [0.15, 0.2) is 17.5 Å². The number of hydrogen-bond donors (Lipinski definition) is 0. The van der Waals surface area contributed by atoms with Gasteiger partial charge in [0.2, 0.25) is 10.0 Å². The Labute approximate surface area is 125 Å². The maximum Gasteiger partial charge on any atom is 0.214 e. The van der Waals surface area contributed by atoms with Gasteiger partial charge in [-0.15, -0.1) is 11.3 Å². The Bertz CT molecular complexity index is 479. The summed E-state index contributed by atoms with van der Waals surface area (Å²) < 4.78 is 32.3. The predicted octanol–water partition coefficient (Wildman–Crippen LogP) is 2.86. The lowest BCUT2D eigenvalue weighted by Crippen LogP contribution is -2.43. The summed E-state index contributed by atoms with van der Waals surface area (Å²) in [6.45, 7) is 3.85. The largest absolute Gasteiger partial charge is 0.381 e. The molecule has 114 valence electrons. The van der Waals surface area contributed by atoms with Crippen LogP contribution in [-0.4, -0.2) is 37.7 Å². The van der Waals surface area contributed by atoms with Gasteiger partial charge < -0.3 is 4.74 Å². The van der Waals surface area contributed by atoms with Crippen molar-refractivity contribution in [1.29, 1.82) is 0 Å². The Morgan fingerprint density at radius 2 is 2.15 bits per heavy atom. The molecule has 2 heterocycles. The Morgan fingerprint density at radius 1 is 1.40 bits per heavy atom. The van der Waals surface area contributed by atoms with E-state index >= 15 is 0 Å². The van der Waals surface area contributed by atoms with Gasteiger partial charge in [0.1, 0.15) is 0 Å². The van der Waals surface area contributed by atoms with E-state index in [4.69, 9.17) is 4.74 Å². The molecule has 2 rings (SSSR count). The highest BCUT2D eigenvalue weighted by Gasteiger charge is 2.31. The lowest BCUT2D eigenvalue weighted by atomic mass is 10.1. The molecule has 1 aromatic heterocycles. The monoisotopic (exact) mass is 317 g/mol. The Hall–Kier alpha value is -0.430. The second-order valence-corrected chi connectivity index (χ2v) is 8.21. The molecule has 0 aliphatic carbocycles. The fourth-order valence-electron chi connectivity index (χ4n) is 2.43. The van der Waals surface area contributed by atoms with Crippen LogP contribution in [0.4, 0.5) is 0 Å². The number of thiophene rings is 1. The molecule has 0 spiro atoms. The smallest absolute Gasteiger partial charge is 0.214 e. The normalized spacial score (nSPS) is 17.7. The molecule has 0 radical (unpaired) electrons. The van der Waals surface area contributed by atoms with Gasteiger partial charge in [-0.25, -0.2) is 8.42 Å². The van der Waals surface area contributed by atoms with Crippen LogP contribution in [0.2, 0.25) is 0 Å². The molecule has 20 heavy (non-hydrogen) atoms. The number of ether oxygens (including phenoxy) is 1. The molecule has 1 aliphatic heterocycles. The first kappa shape index (κ1) is 15.9. The van der Waals surface area contributed by atoms with Crippen LogP contribution in [0.25, 0.3) is 0 Å². The third-order valence-corrected chi connectivity index (χ3v) is 6.41. The van der Waals surface area contributed by atoms with E-state index in [1.165, 1.54) is 0 Å². The van der Waals surface area contributed by atoms with Gasteiger partial charge in [-0.3, -0.25) is 0 Å². The van der Waals surface area contributed by atoms with Gasteiger partial charge >= 0.3 is 0 Å². The summed E-state index contributed by atoms with van der Waals surface area (Å²) in [5, 5.41) is 2.00. The van der Waals surface area contributed by atoms with Crippen LogP contribution in [0.3, 0.4) is 0 Å². The van der Waals surface area contributed by atoms with Crippen molar-refractivity contribution in [2.75, 3.05) is 19.0 Å². The minimum absolute atomic E-state index is 0.0905. The van der Waals surface area contributed by atoms with Gasteiger partial charge in [-0.05, 0) is 30.7 Å². The second-order valence-electron chi connectivity index (χ2n) is 5.14. The molecule has 1 aromatic rings. The SMILES string of the molecule is CCCCS(=O)(=O)N(Cc1cccs1)C1CCOCC1. The zero-order valence-corrected chi connectivity index (χ0v) is 13.6. The summed E-state index contributed by atoms with van der Waals surface area (Å²) in [6.07, 6.45) is 3.24. The van der Waals surface area contributed by atoms with Crippen molar-refractivity contribution in [3.63, 3.8) is 0 Å². The quantitative estimate of drug-likeness (QED) is 0.777. The summed E-state index contributed by atoms with van der Waals surface area (Å²) in [5.74, 6) is 0.256. The fraction of sp³-hybridized carbons (Fsp3) is 0.714. The third kappa shape index (κ3) is 4.28. The van der Waals surface area contributed by atoms with Crippen LogP contribution >= 0.6 is 11.3 Å². The summed E-state index contributed by atoms with van der Waals surface area (Å²) >= 11 is 1.62. The molecule has 6 heteroatoms. The molecular formula is C14H23NO3S2. The first-order valence-corrected chi connectivity index (χ1v) is 9.72. The topological polar surface area (TPSA) is 46.6 Å². The summed E-state index contributed by atoms with van der Waals surface area (Å²) in [5.41, 5.74) is 0. The van der Waals surface area contributed by atoms with Crippen LogP contribution < -0.4 is 0 Å². The van der Waals surface area contributed by atoms with Gasteiger partial charge in [-0.1, -0.05) is 19.4 Å². The lowest BCUT2D eigenvalue weighted by Gasteiger charge is -2.33. The Morgan fingerprint density at radius 3 is 2.75 bits per heavy atom. The standard InChI is InChI=1S/C14H23NO3S2/c1-2-3-11-20(16,17)15(12-14-5-4-10-19-14)13-6-8-18-9-7-13/h4-5,10,13H,2-3,6-9,11-12H2,1H3. The zero-order chi connectivity index (χ0) is 14.4. The first-order chi connectivity index (χ1) is 9.63. The highest BCUT2D eigenvalue weighted by Crippen LogP contribution is 2.23. The van der Waals surface area contributed by atoms with E-state index in [0.29, 0.717) is 19.8 Å². The predicted molar refractivity (Wildman–Crippen MR) is 82.4 cm³/mol. The van der Waals surface area contributed by atoms with Gasteiger partial charge in [0.05, 0.1) is 5.75 Å². The average molecular weight is 317 g/mol. The highest BCUT2D eigenvalue weighted by atomic mass is 32.2. The van der Waals surface area contributed by atoms with Crippen molar-refractivity contribution in [1.82, 2.24) is 4.31 Å². The van der Waals surface area contributed by atoms with E-state index in [1.807, 2.05) is 24.4 Å². The van der Waals surface area contributed by atoms with Crippen molar-refractivity contribution in [3.8, 4) is 0 Å². The Kier molecular flexibility index (Phi) is 6.01. The Balaban J connectivity index is 2.14. The molecular weight excluding hydrogens is 294 g/mol. The van der Waals surface area contributed by atoms with Crippen molar-refractivity contribution >= 4 is 21.4 Å². The number of sulfonamides is 1. The third-order valence-electron chi connectivity index (χ3n) is 3.60. The molecule has 1 fully saturated rings. The van der Waals surface area contributed by atoms with Crippen LogP contribution in [-0.2, 0) is 21.3 Å². The van der Waals surface area contributed by atoms with Gasteiger partial charge in [0.25, 0.3) is 0 Å². The van der Waals surface area contributed by atoms with Gasteiger partial charge in [-0.2, -0.15) is 4.31 Å². The molecule has 0 bridgehead atoms. The minimum atomic E-state index is -3.18. The molecule has 0 saturated carbocycles. The molecule has 0 unspecified atom stereocenters. The van der Waals surface area contributed by atoms with Crippen LogP contribution in [0, 0.1) is 0 Å². The highest BCUT2D eigenvalue weighted by molar-refractivity contribution is 7.89. The number of hydrogen-bond acceptors (Lipinski definition) is 4. The summed E-state index contributed by atoms with van der Waals surface area (Å²) in [7, 11) is -3.18. The van der Waals surface area contributed by atoms with Gasteiger partial charge in [0, 0.05) is 30.7 Å². The van der Waals surface area contributed by atoms with E-state index in [1.54, 1.807) is 15.6 Å². The first-order valence-electron chi connectivity index (χ1n) is 7.23. The van der Waals surface area contributed by atoms with Crippen molar-refractivity contribution in [2.45, 2.75) is 45.2 Å². The average Bonchev–Trinajstić information content (AvgIpc) is 2.96. The number of unbranched alkanes of at least 4 members (excludes halogenated alkanes) is 1. The van der Waals surface area contributed by atoms with E-state index < -0.39 is 10.0 Å². The second kappa shape index (κ2) is 7.54. The van der Waals surface area contributed by atoms with Crippen molar-refractivity contribution in [3.05, 3.63) is 22.4 Å². The maximum absolute atomic E-state index is 12.6. The fourth-order valence-corrected chi connectivity index (χ4v) is 5.10. The zero-order valence-electron chi connectivity index (χ0n) is 12.0. The number of rotatable bonds is 7.